The molecule has 0 saturated carbocycles. The van der Waals surface area contributed by atoms with Gasteiger partial charge in [0.15, 0.2) is 6.61 Å². The number of hydrogen-bond donors (Lipinski definition) is 1. The van der Waals surface area contributed by atoms with Gasteiger partial charge in [-0.1, -0.05) is 24.3 Å². The van der Waals surface area contributed by atoms with Gasteiger partial charge in [0.2, 0.25) is 0 Å². The van der Waals surface area contributed by atoms with E-state index in [1.807, 2.05) is 30.3 Å². The summed E-state index contributed by atoms with van der Waals surface area (Å²) in [6, 6.07) is 15.9. The number of amides is 1. The van der Waals surface area contributed by atoms with Crippen molar-refractivity contribution in [2.24, 2.45) is 0 Å². The Hall–Kier alpha value is -3.15. The number of rotatable bonds is 6. The Labute approximate surface area is 163 Å². The molecule has 28 heavy (non-hydrogen) atoms. The van der Waals surface area contributed by atoms with Crippen LogP contribution in [0.3, 0.4) is 0 Å². The minimum absolute atomic E-state index is 0.121. The highest BCUT2D eigenvalue weighted by atomic mass is 19.1. The molecule has 0 aliphatic carbocycles. The standard InChI is InChI=1S/C22H22FN3O2/c23-18-7-3-5-16(13-18)14-24-21(27)15-28-19-8-4-6-17-9-10-20(25-22(17)19)26-11-1-2-12-26/h3-10,13H,1-2,11-12,14-15H2,(H,24,27). The highest BCUT2D eigenvalue weighted by molar-refractivity contribution is 5.86. The molecule has 6 heteroatoms. The summed E-state index contributed by atoms with van der Waals surface area (Å²) in [5.74, 6) is 0.937. The number of fused-ring (bicyclic) bond motifs is 1. The maximum absolute atomic E-state index is 13.2. The highest BCUT2D eigenvalue weighted by Gasteiger charge is 2.15. The highest BCUT2D eigenvalue weighted by Crippen LogP contribution is 2.27. The Morgan fingerprint density at radius 1 is 1.11 bits per heavy atom. The third kappa shape index (κ3) is 4.22. The number of carbonyl (C=O) groups excluding carboxylic acids is 1. The average Bonchev–Trinajstić information content (AvgIpc) is 3.25. The molecular formula is C22H22FN3O2. The van der Waals surface area contributed by atoms with E-state index in [0.29, 0.717) is 11.3 Å². The lowest BCUT2D eigenvalue weighted by atomic mass is 10.2. The van der Waals surface area contributed by atoms with Crippen LogP contribution in [0.2, 0.25) is 0 Å². The molecule has 0 bridgehead atoms. The van der Waals surface area contributed by atoms with Gasteiger partial charge in [0, 0.05) is 25.0 Å². The first-order valence-corrected chi connectivity index (χ1v) is 9.48. The topological polar surface area (TPSA) is 54.5 Å². The van der Waals surface area contributed by atoms with Crippen LogP contribution in [0.5, 0.6) is 5.75 Å². The summed E-state index contributed by atoms with van der Waals surface area (Å²) in [5, 5.41) is 3.71. The van der Waals surface area contributed by atoms with Gasteiger partial charge in [-0.2, -0.15) is 0 Å². The lowest BCUT2D eigenvalue weighted by Gasteiger charge is -2.17. The van der Waals surface area contributed by atoms with E-state index in [1.165, 1.54) is 25.0 Å². The lowest BCUT2D eigenvalue weighted by molar-refractivity contribution is -0.123. The van der Waals surface area contributed by atoms with Crippen LogP contribution in [0.15, 0.2) is 54.6 Å². The summed E-state index contributed by atoms with van der Waals surface area (Å²) < 4.78 is 18.9. The maximum Gasteiger partial charge on any atom is 0.258 e. The third-order valence-corrected chi connectivity index (χ3v) is 4.84. The lowest BCUT2D eigenvalue weighted by Crippen LogP contribution is -2.28. The first kappa shape index (κ1) is 18.2. The van der Waals surface area contributed by atoms with Crippen LogP contribution in [-0.4, -0.2) is 30.6 Å². The van der Waals surface area contributed by atoms with Crippen LogP contribution < -0.4 is 15.0 Å². The second-order valence-electron chi connectivity index (χ2n) is 6.89. The van der Waals surface area contributed by atoms with Crippen molar-refractivity contribution in [3.8, 4) is 5.75 Å². The summed E-state index contributed by atoms with van der Waals surface area (Å²) in [6.45, 7) is 2.17. The zero-order valence-corrected chi connectivity index (χ0v) is 15.5. The van der Waals surface area contributed by atoms with E-state index in [2.05, 4.69) is 10.2 Å². The molecule has 0 atom stereocenters. The molecule has 4 rings (SSSR count). The molecule has 1 aliphatic heterocycles. The molecule has 5 nitrogen and oxygen atoms in total. The molecule has 1 aliphatic rings. The second kappa shape index (κ2) is 8.25. The Bertz CT molecular complexity index is 986. The number of pyridine rings is 1. The van der Waals surface area contributed by atoms with Crippen LogP contribution in [-0.2, 0) is 11.3 Å². The summed E-state index contributed by atoms with van der Waals surface area (Å²) in [7, 11) is 0. The van der Waals surface area contributed by atoms with Crippen LogP contribution in [0.4, 0.5) is 10.2 Å². The predicted octanol–water partition coefficient (Wildman–Crippen LogP) is 3.67. The number of anilines is 1. The number of halogens is 1. The number of nitrogens with one attached hydrogen (secondary N) is 1. The quantitative estimate of drug-likeness (QED) is 0.710. The van der Waals surface area contributed by atoms with Gasteiger partial charge in [-0.25, -0.2) is 9.37 Å². The molecule has 0 spiro atoms. The summed E-state index contributed by atoms with van der Waals surface area (Å²) >= 11 is 0. The molecule has 1 saturated heterocycles. The minimum Gasteiger partial charge on any atom is -0.481 e. The molecule has 1 amide bonds. The Morgan fingerprint density at radius 2 is 1.93 bits per heavy atom. The molecule has 2 heterocycles. The first-order valence-electron chi connectivity index (χ1n) is 9.48. The smallest absolute Gasteiger partial charge is 0.258 e. The molecule has 0 radical (unpaired) electrons. The fourth-order valence-electron chi connectivity index (χ4n) is 3.39. The van der Waals surface area contributed by atoms with Crippen molar-refractivity contribution in [3.05, 3.63) is 66.0 Å². The van der Waals surface area contributed by atoms with E-state index in [0.717, 1.165) is 29.8 Å². The summed E-state index contributed by atoms with van der Waals surface area (Å²) in [6.07, 6.45) is 2.37. The van der Waals surface area contributed by atoms with E-state index in [-0.39, 0.29) is 24.9 Å². The largest absolute Gasteiger partial charge is 0.481 e. The van der Waals surface area contributed by atoms with Gasteiger partial charge in [0.25, 0.3) is 5.91 Å². The molecule has 1 N–H and O–H groups in total. The van der Waals surface area contributed by atoms with Crippen molar-refractivity contribution in [1.82, 2.24) is 10.3 Å². The van der Waals surface area contributed by atoms with E-state index in [9.17, 15) is 9.18 Å². The van der Waals surface area contributed by atoms with Crippen LogP contribution in [0.1, 0.15) is 18.4 Å². The van der Waals surface area contributed by atoms with Gasteiger partial charge in [-0.15, -0.1) is 0 Å². The number of benzene rings is 2. The van der Waals surface area contributed by atoms with Gasteiger partial charge in [0.1, 0.15) is 22.9 Å². The van der Waals surface area contributed by atoms with Gasteiger partial charge in [0.05, 0.1) is 0 Å². The van der Waals surface area contributed by atoms with Crippen molar-refractivity contribution in [1.29, 1.82) is 0 Å². The van der Waals surface area contributed by atoms with Gasteiger partial charge in [-0.3, -0.25) is 4.79 Å². The Kier molecular flexibility index (Phi) is 5.37. The molecular weight excluding hydrogens is 357 g/mol. The van der Waals surface area contributed by atoms with Crippen molar-refractivity contribution in [3.63, 3.8) is 0 Å². The average molecular weight is 379 g/mol. The zero-order chi connectivity index (χ0) is 19.3. The Morgan fingerprint density at radius 3 is 2.75 bits per heavy atom. The monoisotopic (exact) mass is 379 g/mol. The Balaban J connectivity index is 1.42. The zero-order valence-electron chi connectivity index (χ0n) is 15.5. The SMILES string of the molecule is O=C(COc1cccc2ccc(N3CCCC3)nc12)NCc1cccc(F)c1. The summed E-state index contributed by atoms with van der Waals surface area (Å²) in [5.41, 5.74) is 1.46. The van der Waals surface area contributed by atoms with E-state index in [4.69, 9.17) is 9.72 Å². The molecule has 144 valence electrons. The maximum atomic E-state index is 13.2. The fourth-order valence-corrected chi connectivity index (χ4v) is 3.39. The number of para-hydroxylation sites is 1. The van der Waals surface area contributed by atoms with E-state index in [1.54, 1.807) is 12.1 Å². The fraction of sp³-hybridized carbons (Fsp3) is 0.273. The molecule has 3 aromatic rings. The normalized spacial score (nSPS) is 13.7. The third-order valence-electron chi connectivity index (χ3n) is 4.84. The van der Waals surface area contributed by atoms with Crippen molar-refractivity contribution in [2.45, 2.75) is 19.4 Å². The number of carbonyl (C=O) groups is 1. The number of hydrogen-bond acceptors (Lipinski definition) is 4. The van der Waals surface area contributed by atoms with Crippen LogP contribution >= 0.6 is 0 Å². The number of aromatic nitrogens is 1. The molecule has 1 fully saturated rings. The number of ether oxygens (including phenoxy) is 1. The first-order chi connectivity index (χ1) is 13.7. The van der Waals surface area contributed by atoms with Gasteiger partial charge < -0.3 is 15.0 Å². The summed E-state index contributed by atoms with van der Waals surface area (Å²) in [4.78, 5) is 19.2. The van der Waals surface area contributed by atoms with Crippen LogP contribution in [0.25, 0.3) is 10.9 Å². The second-order valence-corrected chi connectivity index (χ2v) is 6.89. The number of nitrogens with zero attached hydrogens (tertiary/aromatic N) is 2. The van der Waals surface area contributed by atoms with E-state index < -0.39 is 0 Å². The van der Waals surface area contributed by atoms with Crippen molar-refractivity contribution in [2.75, 3.05) is 24.6 Å². The van der Waals surface area contributed by atoms with Crippen LogP contribution in [0, 0.1) is 5.82 Å². The molecule has 1 aromatic heterocycles. The van der Waals surface area contributed by atoms with Crippen molar-refractivity contribution < 1.29 is 13.9 Å². The van der Waals surface area contributed by atoms with E-state index >= 15 is 0 Å². The van der Waals surface area contributed by atoms with Gasteiger partial charge in [-0.05, 0) is 48.7 Å². The molecule has 2 aromatic carbocycles. The van der Waals surface area contributed by atoms with Gasteiger partial charge >= 0.3 is 0 Å². The predicted molar refractivity (Wildman–Crippen MR) is 107 cm³/mol. The minimum atomic E-state index is -0.321. The van der Waals surface area contributed by atoms with Crippen molar-refractivity contribution >= 4 is 22.6 Å². The molecule has 0 unspecified atom stereocenters.